The molecule has 5 rings (SSSR count). The summed E-state index contributed by atoms with van der Waals surface area (Å²) in [6, 6.07) is 7.24. The molecule has 0 spiro atoms. The Morgan fingerprint density at radius 3 is 2.07 bits per heavy atom. The van der Waals surface area contributed by atoms with Gasteiger partial charge in [-0.3, -0.25) is 9.59 Å². The minimum Gasteiger partial charge on any atom is -0.497 e. The van der Waals surface area contributed by atoms with Crippen molar-refractivity contribution >= 4 is 11.8 Å². The lowest BCUT2D eigenvalue weighted by Crippen LogP contribution is -2.61. The van der Waals surface area contributed by atoms with Crippen LogP contribution in [0.5, 0.6) is 11.5 Å². The average Bonchev–Trinajstić information content (AvgIpc) is 2.64. The van der Waals surface area contributed by atoms with Crippen molar-refractivity contribution in [1.29, 1.82) is 0 Å². The molecule has 6 heteroatoms. The highest BCUT2D eigenvalue weighted by Gasteiger charge is 2.51. The van der Waals surface area contributed by atoms with Gasteiger partial charge in [-0.2, -0.15) is 0 Å². The summed E-state index contributed by atoms with van der Waals surface area (Å²) in [5.41, 5.74) is -0.136. The Morgan fingerprint density at radius 1 is 0.963 bits per heavy atom. The fraction of sp³-hybridized carbons (Fsp3) is 0.619. The van der Waals surface area contributed by atoms with E-state index < -0.39 is 11.8 Å². The van der Waals surface area contributed by atoms with Crippen molar-refractivity contribution in [3.05, 3.63) is 24.3 Å². The molecule has 4 bridgehead atoms. The highest BCUT2D eigenvalue weighted by molar-refractivity contribution is 6.35. The summed E-state index contributed by atoms with van der Waals surface area (Å²) in [7, 11) is 1.61. The van der Waals surface area contributed by atoms with Gasteiger partial charge in [-0.15, -0.1) is 0 Å². The third-order valence-corrected chi connectivity index (χ3v) is 6.34. The van der Waals surface area contributed by atoms with Gasteiger partial charge in [0.05, 0.1) is 13.7 Å². The minimum atomic E-state index is -0.566. The minimum absolute atomic E-state index is 0.136. The molecule has 0 aliphatic heterocycles. The molecule has 0 heterocycles. The van der Waals surface area contributed by atoms with Gasteiger partial charge in [0.15, 0.2) is 0 Å². The van der Waals surface area contributed by atoms with E-state index in [4.69, 9.17) is 9.47 Å². The maximum Gasteiger partial charge on any atom is 0.309 e. The molecule has 27 heavy (non-hydrogen) atoms. The number of benzene rings is 1. The van der Waals surface area contributed by atoms with Crippen molar-refractivity contribution in [3.63, 3.8) is 0 Å². The van der Waals surface area contributed by atoms with E-state index in [0.29, 0.717) is 18.9 Å². The van der Waals surface area contributed by atoms with E-state index in [0.717, 1.165) is 42.8 Å². The molecule has 4 saturated carbocycles. The molecule has 0 atom stereocenters. The van der Waals surface area contributed by atoms with Gasteiger partial charge < -0.3 is 20.1 Å². The second kappa shape index (κ2) is 7.41. The summed E-state index contributed by atoms with van der Waals surface area (Å²) in [6.07, 6.45) is 7.05. The zero-order chi connectivity index (χ0) is 18.9. The number of ether oxygens (including phenoxy) is 2. The number of hydrogen-bond acceptors (Lipinski definition) is 4. The lowest BCUT2D eigenvalue weighted by atomic mass is 9.53. The number of hydrogen-bond donors (Lipinski definition) is 2. The van der Waals surface area contributed by atoms with Crippen LogP contribution in [0, 0.1) is 17.8 Å². The van der Waals surface area contributed by atoms with Gasteiger partial charge in [-0.1, -0.05) is 0 Å². The van der Waals surface area contributed by atoms with E-state index in [9.17, 15) is 9.59 Å². The highest BCUT2D eigenvalue weighted by atomic mass is 16.5. The predicted molar refractivity (Wildman–Crippen MR) is 101 cm³/mol. The molecule has 4 aliphatic rings. The molecule has 0 unspecified atom stereocenters. The molecule has 0 saturated heterocycles. The first kappa shape index (κ1) is 18.1. The van der Waals surface area contributed by atoms with Crippen molar-refractivity contribution in [2.45, 2.75) is 44.1 Å². The Morgan fingerprint density at radius 2 is 1.52 bits per heavy atom. The van der Waals surface area contributed by atoms with E-state index in [1.165, 1.54) is 19.3 Å². The molecule has 2 amide bonds. The first-order chi connectivity index (χ1) is 13.0. The number of carbonyl (C=O) groups excluding carboxylic acids is 2. The summed E-state index contributed by atoms with van der Waals surface area (Å²) in [5, 5.41) is 5.75. The lowest BCUT2D eigenvalue weighted by molar-refractivity contribution is -0.142. The summed E-state index contributed by atoms with van der Waals surface area (Å²) >= 11 is 0. The summed E-state index contributed by atoms with van der Waals surface area (Å²) in [4.78, 5) is 24.6. The number of methoxy groups -OCH3 is 1. The van der Waals surface area contributed by atoms with E-state index >= 15 is 0 Å². The van der Waals surface area contributed by atoms with Crippen LogP contribution in [0.25, 0.3) is 0 Å². The van der Waals surface area contributed by atoms with Gasteiger partial charge in [0.25, 0.3) is 0 Å². The van der Waals surface area contributed by atoms with Crippen LogP contribution in [0.2, 0.25) is 0 Å². The van der Waals surface area contributed by atoms with Crippen LogP contribution < -0.4 is 20.1 Å². The molecule has 146 valence electrons. The predicted octanol–water partition coefficient (Wildman–Crippen LogP) is 2.28. The van der Waals surface area contributed by atoms with Gasteiger partial charge >= 0.3 is 11.8 Å². The third-order valence-electron chi connectivity index (χ3n) is 6.34. The van der Waals surface area contributed by atoms with Crippen LogP contribution in [0.3, 0.4) is 0 Å². The van der Waals surface area contributed by atoms with E-state index in [1.54, 1.807) is 19.2 Å². The molecule has 4 aliphatic carbocycles. The number of rotatable bonds is 6. The zero-order valence-corrected chi connectivity index (χ0v) is 15.8. The smallest absolute Gasteiger partial charge is 0.309 e. The van der Waals surface area contributed by atoms with Crippen molar-refractivity contribution in [2.24, 2.45) is 17.8 Å². The Hall–Kier alpha value is -2.24. The molecule has 6 nitrogen and oxygen atoms in total. The standard InChI is InChI=1S/C21H28N2O4/c1-26-17-2-4-18(5-3-17)27-7-6-22-19(24)20(25)23-21-11-14-8-15(12-21)10-16(9-14)13-21/h2-5,14-16H,6-13H2,1H3,(H,22,24)(H,23,25). The Kier molecular flexibility index (Phi) is 4.98. The Bertz CT molecular complexity index is 665. The molecular weight excluding hydrogens is 344 g/mol. The van der Waals surface area contributed by atoms with Gasteiger partial charge in [0, 0.05) is 5.54 Å². The Balaban J connectivity index is 1.21. The van der Waals surface area contributed by atoms with Crippen LogP contribution in [0.15, 0.2) is 24.3 Å². The van der Waals surface area contributed by atoms with Crippen molar-refractivity contribution in [3.8, 4) is 11.5 Å². The third kappa shape index (κ3) is 4.04. The molecule has 4 fully saturated rings. The monoisotopic (exact) mass is 372 g/mol. The van der Waals surface area contributed by atoms with Crippen LogP contribution in [0.1, 0.15) is 38.5 Å². The molecular formula is C21H28N2O4. The second-order valence-corrected chi connectivity index (χ2v) is 8.43. The molecule has 2 N–H and O–H groups in total. The van der Waals surface area contributed by atoms with E-state index in [2.05, 4.69) is 10.6 Å². The van der Waals surface area contributed by atoms with E-state index in [-0.39, 0.29) is 5.54 Å². The average molecular weight is 372 g/mol. The zero-order valence-electron chi connectivity index (χ0n) is 15.8. The van der Waals surface area contributed by atoms with Gasteiger partial charge in [0.2, 0.25) is 0 Å². The van der Waals surface area contributed by atoms with Crippen LogP contribution in [0.4, 0.5) is 0 Å². The number of amides is 2. The quantitative estimate of drug-likeness (QED) is 0.593. The fourth-order valence-electron chi connectivity index (χ4n) is 5.65. The number of nitrogens with one attached hydrogen (secondary N) is 2. The van der Waals surface area contributed by atoms with Gasteiger partial charge in [-0.25, -0.2) is 0 Å². The van der Waals surface area contributed by atoms with Crippen LogP contribution >= 0.6 is 0 Å². The van der Waals surface area contributed by atoms with Crippen molar-refractivity contribution in [1.82, 2.24) is 10.6 Å². The SMILES string of the molecule is COc1ccc(OCCNC(=O)C(=O)NC23CC4CC(CC(C4)C2)C3)cc1. The van der Waals surface area contributed by atoms with Crippen LogP contribution in [-0.4, -0.2) is 37.6 Å². The highest BCUT2D eigenvalue weighted by Crippen LogP contribution is 2.55. The van der Waals surface area contributed by atoms with Gasteiger partial charge in [0.1, 0.15) is 18.1 Å². The summed E-state index contributed by atoms with van der Waals surface area (Å²) in [6.45, 7) is 0.599. The van der Waals surface area contributed by atoms with Crippen molar-refractivity contribution < 1.29 is 19.1 Å². The van der Waals surface area contributed by atoms with Crippen molar-refractivity contribution in [2.75, 3.05) is 20.3 Å². The fourth-order valence-corrected chi connectivity index (χ4v) is 5.65. The maximum atomic E-state index is 12.4. The lowest BCUT2D eigenvalue weighted by Gasteiger charge is -2.56. The van der Waals surface area contributed by atoms with Crippen LogP contribution in [-0.2, 0) is 9.59 Å². The largest absolute Gasteiger partial charge is 0.497 e. The molecule has 0 radical (unpaired) electrons. The first-order valence-corrected chi connectivity index (χ1v) is 9.92. The van der Waals surface area contributed by atoms with E-state index in [1.807, 2.05) is 12.1 Å². The number of carbonyl (C=O) groups is 2. The maximum absolute atomic E-state index is 12.4. The van der Waals surface area contributed by atoms with Gasteiger partial charge in [-0.05, 0) is 80.5 Å². The summed E-state index contributed by atoms with van der Waals surface area (Å²) in [5.74, 6) is 2.60. The molecule has 0 aromatic heterocycles. The topological polar surface area (TPSA) is 76.7 Å². The first-order valence-electron chi connectivity index (χ1n) is 9.92. The second-order valence-electron chi connectivity index (χ2n) is 8.43. The molecule has 1 aromatic rings. The molecule has 1 aromatic carbocycles. The normalized spacial score (nSPS) is 30.6. The summed E-state index contributed by atoms with van der Waals surface area (Å²) < 4.78 is 10.7. The Labute approximate surface area is 160 Å².